The number of para-hydroxylation sites is 1. The van der Waals surface area contributed by atoms with Crippen LogP contribution in [0.1, 0.15) is 5.56 Å². The minimum Gasteiger partial charge on any atom is -0.376 e. The molecule has 1 aromatic carbocycles. The van der Waals surface area contributed by atoms with E-state index in [9.17, 15) is 0 Å². The Bertz CT molecular complexity index is 347. The van der Waals surface area contributed by atoms with E-state index in [0.717, 1.165) is 16.9 Å². The second-order valence-electron chi connectivity index (χ2n) is 3.35. The molecule has 0 saturated carbocycles. The minimum atomic E-state index is 0.294. The molecule has 0 unspecified atom stereocenters. The summed E-state index contributed by atoms with van der Waals surface area (Å²) in [6, 6.07) is 6.05. The maximum absolute atomic E-state index is 5.46. The molecule has 0 amide bonds. The molecule has 14 heavy (non-hydrogen) atoms. The Hall–Kier alpha value is -1.29. The van der Waals surface area contributed by atoms with Gasteiger partial charge in [0.05, 0.1) is 11.4 Å². The third-order valence-corrected chi connectivity index (χ3v) is 2.08. The van der Waals surface area contributed by atoms with Crippen molar-refractivity contribution >= 4 is 28.7 Å². The number of nitrogens with two attached hydrogens (primary N) is 1. The molecule has 3 nitrogen and oxygen atoms in total. The molecule has 0 saturated heterocycles. The molecule has 0 radical (unpaired) electrons. The van der Waals surface area contributed by atoms with Gasteiger partial charge < -0.3 is 16.0 Å². The first-order valence-electron chi connectivity index (χ1n) is 4.35. The second kappa shape index (κ2) is 4.28. The van der Waals surface area contributed by atoms with Gasteiger partial charge in [-0.2, -0.15) is 0 Å². The van der Waals surface area contributed by atoms with Gasteiger partial charge in [0.2, 0.25) is 0 Å². The summed E-state index contributed by atoms with van der Waals surface area (Å²) in [5, 5.41) is 3.28. The van der Waals surface area contributed by atoms with E-state index >= 15 is 0 Å². The minimum absolute atomic E-state index is 0.294. The number of benzene rings is 1. The highest BCUT2D eigenvalue weighted by atomic mass is 32.1. The van der Waals surface area contributed by atoms with Crippen molar-refractivity contribution in [1.82, 2.24) is 0 Å². The summed E-state index contributed by atoms with van der Waals surface area (Å²) < 4.78 is 0. The van der Waals surface area contributed by atoms with E-state index < -0.39 is 0 Å². The fourth-order valence-corrected chi connectivity index (χ4v) is 1.41. The van der Waals surface area contributed by atoms with Gasteiger partial charge in [-0.15, -0.1) is 0 Å². The molecule has 0 fully saturated rings. The van der Waals surface area contributed by atoms with Crippen LogP contribution >= 0.6 is 12.2 Å². The Kier molecular flexibility index (Phi) is 3.30. The van der Waals surface area contributed by atoms with Gasteiger partial charge in [0, 0.05) is 14.1 Å². The maximum Gasteiger partial charge on any atom is 0.168 e. The number of hydrogen-bond acceptors (Lipinski definition) is 2. The van der Waals surface area contributed by atoms with E-state index in [2.05, 4.69) is 5.32 Å². The van der Waals surface area contributed by atoms with Crippen LogP contribution in [0.3, 0.4) is 0 Å². The van der Waals surface area contributed by atoms with Gasteiger partial charge in [-0.05, 0) is 30.8 Å². The number of nitrogens with zero attached hydrogens (tertiary/aromatic N) is 1. The highest BCUT2D eigenvalue weighted by molar-refractivity contribution is 7.80. The van der Waals surface area contributed by atoms with Crippen molar-refractivity contribution in [2.45, 2.75) is 6.92 Å². The van der Waals surface area contributed by atoms with E-state index in [4.69, 9.17) is 18.0 Å². The topological polar surface area (TPSA) is 41.3 Å². The smallest absolute Gasteiger partial charge is 0.168 e. The molecule has 0 aliphatic rings. The Morgan fingerprint density at radius 3 is 2.57 bits per heavy atom. The van der Waals surface area contributed by atoms with Gasteiger partial charge in [0.25, 0.3) is 0 Å². The van der Waals surface area contributed by atoms with Crippen LogP contribution in [0.25, 0.3) is 0 Å². The number of rotatable bonds is 2. The van der Waals surface area contributed by atoms with Crippen molar-refractivity contribution < 1.29 is 0 Å². The monoisotopic (exact) mass is 209 g/mol. The molecule has 1 aromatic rings. The largest absolute Gasteiger partial charge is 0.376 e. The number of anilines is 2. The van der Waals surface area contributed by atoms with Crippen molar-refractivity contribution in [3.63, 3.8) is 0 Å². The predicted octanol–water partition coefficient (Wildman–Crippen LogP) is 1.72. The highest BCUT2D eigenvalue weighted by Gasteiger charge is 2.06. The predicted molar refractivity (Wildman–Crippen MR) is 65.9 cm³/mol. The molecule has 0 spiro atoms. The Balaban J connectivity index is 3.15. The summed E-state index contributed by atoms with van der Waals surface area (Å²) in [6.45, 7) is 2.02. The van der Waals surface area contributed by atoms with Gasteiger partial charge in [-0.1, -0.05) is 12.1 Å². The molecular formula is C10H15N3S. The standard InChI is InChI=1S/C10H15N3S/c1-7-5-4-6-8(13(2)3)9(7)12-10(11)14/h4-6H,1-3H3,(H3,11,12,14). The summed E-state index contributed by atoms with van der Waals surface area (Å²) in [4.78, 5) is 2.02. The fourth-order valence-electron chi connectivity index (χ4n) is 1.31. The van der Waals surface area contributed by atoms with E-state index in [-0.39, 0.29) is 0 Å². The third kappa shape index (κ3) is 2.35. The van der Waals surface area contributed by atoms with Gasteiger partial charge in [-0.3, -0.25) is 0 Å². The van der Waals surface area contributed by atoms with Gasteiger partial charge in [0.15, 0.2) is 5.11 Å². The lowest BCUT2D eigenvalue weighted by molar-refractivity contribution is 1.13. The first-order chi connectivity index (χ1) is 6.52. The van der Waals surface area contributed by atoms with Crippen molar-refractivity contribution in [2.75, 3.05) is 24.3 Å². The molecule has 76 valence electrons. The molecule has 0 aliphatic carbocycles. The van der Waals surface area contributed by atoms with Crippen LogP contribution in [0.5, 0.6) is 0 Å². The summed E-state index contributed by atoms with van der Waals surface area (Å²) in [7, 11) is 3.97. The van der Waals surface area contributed by atoms with Gasteiger partial charge in [0.1, 0.15) is 0 Å². The fraction of sp³-hybridized carbons (Fsp3) is 0.300. The highest BCUT2D eigenvalue weighted by Crippen LogP contribution is 2.27. The average Bonchev–Trinajstić information content (AvgIpc) is 2.07. The normalized spacial score (nSPS) is 9.64. The second-order valence-corrected chi connectivity index (χ2v) is 3.79. The van der Waals surface area contributed by atoms with E-state index in [1.165, 1.54) is 0 Å². The zero-order valence-corrected chi connectivity index (χ0v) is 9.48. The lowest BCUT2D eigenvalue weighted by atomic mass is 10.1. The first-order valence-corrected chi connectivity index (χ1v) is 4.76. The SMILES string of the molecule is Cc1cccc(N(C)C)c1NC(N)=S. The Labute approximate surface area is 89.9 Å². The molecule has 1 rings (SSSR count). The average molecular weight is 209 g/mol. The molecule has 0 aliphatic heterocycles. The lowest BCUT2D eigenvalue weighted by Crippen LogP contribution is -2.22. The summed E-state index contributed by atoms with van der Waals surface area (Å²) >= 11 is 4.83. The quantitative estimate of drug-likeness (QED) is 0.728. The van der Waals surface area contributed by atoms with E-state index in [1.54, 1.807) is 0 Å². The molecule has 3 N–H and O–H groups in total. The molecule has 0 bridgehead atoms. The summed E-state index contributed by atoms with van der Waals surface area (Å²) in [5.41, 5.74) is 8.65. The Morgan fingerprint density at radius 2 is 2.07 bits per heavy atom. The Morgan fingerprint density at radius 1 is 1.43 bits per heavy atom. The van der Waals surface area contributed by atoms with Crippen LogP contribution in [0.15, 0.2) is 18.2 Å². The first kappa shape index (κ1) is 10.8. The summed E-state index contributed by atoms with van der Waals surface area (Å²) in [5.74, 6) is 0. The third-order valence-electron chi connectivity index (χ3n) is 1.98. The van der Waals surface area contributed by atoms with Crippen LogP contribution in [-0.2, 0) is 0 Å². The maximum atomic E-state index is 5.46. The number of thiocarbonyl (C=S) groups is 1. The molecule has 0 atom stereocenters. The van der Waals surface area contributed by atoms with Crippen LogP contribution in [0, 0.1) is 6.92 Å². The van der Waals surface area contributed by atoms with Crippen molar-refractivity contribution in [3.8, 4) is 0 Å². The van der Waals surface area contributed by atoms with E-state index in [1.807, 2.05) is 44.1 Å². The molecular weight excluding hydrogens is 194 g/mol. The van der Waals surface area contributed by atoms with Crippen LogP contribution in [0.2, 0.25) is 0 Å². The van der Waals surface area contributed by atoms with Gasteiger partial charge >= 0.3 is 0 Å². The molecule has 0 heterocycles. The van der Waals surface area contributed by atoms with Gasteiger partial charge in [-0.25, -0.2) is 0 Å². The molecule has 0 aromatic heterocycles. The number of hydrogen-bond donors (Lipinski definition) is 2. The van der Waals surface area contributed by atoms with Crippen molar-refractivity contribution in [3.05, 3.63) is 23.8 Å². The zero-order valence-electron chi connectivity index (χ0n) is 8.66. The van der Waals surface area contributed by atoms with Crippen LogP contribution in [0.4, 0.5) is 11.4 Å². The number of aryl methyl sites for hydroxylation is 1. The lowest BCUT2D eigenvalue weighted by Gasteiger charge is -2.19. The zero-order chi connectivity index (χ0) is 10.7. The molecule has 4 heteroatoms. The summed E-state index contributed by atoms with van der Waals surface area (Å²) in [6.07, 6.45) is 0. The number of nitrogens with one attached hydrogen (secondary N) is 1. The van der Waals surface area contributed by atoms with Crippen molar-refractivity contribution in [1.29, 1.82) is 0 Å². The van der Waals surface area contributed by atoms with Crippen LogP contribution < -0.4 is 16.0 Å². The van der Waals surface area contributed by atoms with Crippen LogP contribution in [-0.4, -0.2) is 19.2 Å². The van der Waals surface area contributed by atoms with Crippen molar-refractivity contribution in [2.24, 2.45) is 5.73 Å². The van der Waals surface area contributed by atoms with E-state index in [0.29, 0.717) is 5.11 Å².